The van der Waals surface area contributed by atoms with Gasteiger partial charge >= 0.3 is 0 Å². The summed E-state index contributed by atoms with van der Waals surface area (Å²) in [6.07, 6.45) is -0.548. The molecule has 2 aliphatic heterocycles. The van der Waals surface area contributed by atoms with E-state index in [-0.39, 0.29) is 11.1 Å². The van der Waals surface area contributed by atoms with Crippen LogP contribution in [0.25, 0.3) is 0 Å². The molecule has 9 heteroatoms. The fraction of sp³-hybridized carbons (Fsp3) is 0.158. The van der Waals surface area contributed by atoms with Crippen molar-refractivity contribution < 1.29 is 28.0 Å². The standard InChI is InChI=1S/C19H11BrF2N2O4/c20-10-5-4-9(13(22)6-10)8-24-16(26)15-11(2-1-3-12(15)21)19(18(24)28)7-14(25)23-17(19)27/h1-6H,7-8H2,(H,23,25,27). The Morgan fingerprint density at radius 1 is 1.07 bits per heavy atom. The molecule has 1 spiro atoms. The molecule has 0 bridgehead atoms. The van der Waals surface area contributed by atoms with Crippen LogP contribution in [0.3, 0.4) is 0 Å². The maximum absolute atomic E-state index is 14.5. The number of fused-ring (bicyclic) bond motifs is 2. The second kappa shape index (κ2) is 6.30. The maximum Gasteiger partial charge on any atom is 0.264 e. The van der Waals surface area contributed by atoms with Gasteiger partial charge < -0.3 is 0 Å². The Labute approximate surface area is 165 Å². The van der Waals surface area contributed by atoms with Crippen LogP contribution in [-0.2, 0) is 26.3 Å². The van der Waals surface area contributed by atoms with Crippen LogP contribution < -0.4 is 5.32 Å². The number of nitrogens with zero attached hydrogens (tertiary/aromatic N) is 1. The summed E-state index contributed by atoms with van der Waals surface area (Å²) in [6.45, 7) is -0.506. The molecule has 28 heavy (non-hydrogen) atoms. The van der Waals surface area contributed by atoms with E-state index in [9.17, 15) is 28.0 Å². The highest BCUT2D eigenvalue weighted by Crippen LogP contribution is 2.42. The summed E-state index contributed by atoms with van der Waals surface area (Å²) in [4.78, 5) is 51.1. The highest BCUT2D eigenvalue weighted by molar-refractivity contribution is 9.10. The average molecular weight is 449 g/mol. The minimum absolute atomic E-state index is 0.00423. The van der Waals surface area contributed by atoms with Gasteiger partial charge in [-0.25, -0.2) is 8.78 Å². The predicted molar refractivity (Wildman–Crippen MR) is 94.8 cm³/mol. The van der Waals surface area contributed by atoms with E-state index in [1.54, 1.807) is 0 Å². The number of rotatable bonds is 2. The minimum Gasteiger partial charge on any atom is -0.295 e. The summed E-state index contributed by atoms with van der Waals surface area (Å²) in [5, 5.41) is 2.05. The lowest BCUT2D eigenvalue weighted by Crippen LogP contribution is -2.57. The van der Waals surface area contributed by atoms with Crippen molar-refractivity contribution in [3.63, 3.8) is 0 Å². The van der Waals surface area contributed by atoms with Gasteiger partial charge in [-0.15, -0.1) is 0 Å². The Balaban J connectivity index is 1.89. The average Bonchev–Trinajstić information content (AvgIpc) is 2.93. The van der Waals surface area contributed by atoms with E-state index in [0.29, 0.717) is 9.37 Å². The lowest BCUT2D eigenvalue weighted by molar-refractivity contribution is -0.142. The number of hydrogen-bond acceptors (Lipinski definition) is 4. The number of carbonyl (C=O) groups excluding carboxylic acids is 4. The number of hydrogen-bond donors (Lipinski definition) is 1. The van der Waals surface area contributed by atoms with Crippen LogP contribution in [0.5, 0.6) is 0 Å². The van der Waals surface area contributed by atoms with Gasteiger partial charge in [0.15, 0.2) is 5.41 Å². The first-order valence-electron chi connectivity index (χ1n) is 8.19. The predicted octanol–water partition coefficient (Wildman–Crippen LogP) is 2.19. The quantitative estimate of drug-likeness (QED) is 0.563. The Morgan fingerprint density at radius 2 is 1.82 bits per heavy atom. The second-order valence-corrected chi connectivity index (χ2v) is 7.47. The molecule has 2 aromatic rings. The fourth-order valence-electron chi connectivity index (χ4n) is 3.62. The molecule has 4 rings (SSSR count). The molecule has 0 aromatic heterocycles. The normalized spacial score (nSPS) is 21.3. The van der Waals surface area contributed by atoms with Crippen LogP contribution in [0, 0.1) is 11.6 Å². The third-order valence-corrected chi connectivity index (χ3v) is 5.45. The Bertz CT molecular complexity index is 1090. The number of halogens is 3. The maximum atomic E-state index is 14.5. The first-order chi connectivity index (χ1) is 13.3. The van der Waals surface area contributed by atoms with Gasteiger partial charge in [-0.3, -0.25) is 29.4 Å². The molecule has 2 aliphatic rings. The molecule has 1 N–H and O–H groups in total. The molecular formula is C19H11BrF2N2O4. The molecule has 2 heterocycles. The van der Waals surface area contributed by atoms with Gasteiger partial charge in [0.05, 0.1) is 18.5 Å². The van der Waals surface area contributed by atoms with E-state index in [1.165, 1.54) is 24.3 Å². The van der Waals surface area contributed by atoms with E-state index >= 15 is 0 Å². The van der Waals surface area contributed by atoms with Crippen LogP contribution in [0.4, 0.5) is 8.78 Å². The van der Waals surface area contributed by atoms with Crippen molar-refractivity contribution in [1.29, 1.82) is 0 Å². The highest BCUT2D eigenvalue weighted by atomic mass is 79.9. The van der Waals surface area contributed by atoms with Crippen molar-refractivity contribution in [2.45, 2.75) is 18.4 Å². The smallest absolute Gasteiger partial charge is 0.264 e. The molecular weight excluding hydrogens is 438 g/mol. The first-order valence-corrected chi connectivity index (χ1v) is 8.98. The van der Waals surface area contributed by atoms with Gasteiger partial charge in [-0.2, -0.15) is 0 Å². The zero-order valence-electron chi connectivity index (χ0n) is 14.1. The van der Waals surface area contributed by atoms with E-state index in [4.69, 9.17) is 0 Å². The SMILES string of the molecule is O=C1CC2(C(=O)N1)C(=O)N(Cc1ccc(Br)cc1F)C(=O)c1c(F)cccc12. The molecule has 6 nitrogen and oxygen atoms in total. The highest BCUT2D eigenvalue weighted by Gasteiger charge is 2.61. The van der Waals surface area contributed by atoms with Crippen molar-refractivity contribution in [3.05, 3.63) is 69.2 Å². The fourth-order valence-corrected chi connectivity index (χ4v) is 3.96. The van der Waals surface area contributed by atoms with E-state index in [2.05, 4.69) is 15.9 Å². The Morgan fingerprint density at radius 3 is 2.46 bits per heavy atom. The van der Waals surface area contributed by atoms with Crippen molar-refractivity contribution in [2.24, 2.45) is 0 Å². The van der Waals surface area contributed by atoms with Gasteiger partial charge in [-0.1, -0.05) is 34.1 Å². The summed E-state index contributed by atoms with van der Waals surface area (Å²) in [5.74, 6) is -5.22. The molecule has 0 radical (unpaired) electrons. The summed E-state index contributed by atoms with van der Waals surface area (Å²) in [6, 6.07) is 7.61. The molecule has 142 valence electrons. The zero-order chi connectivity index (χ0) is 20.2. The number of amides is 4. The van der Waals surface area contributed by atoms with Gasteiger partial charge in [0.25, 0.3) is 11.8 Å². The van der Waals surface area contributed by atoms with Gasteiger partial charge in [-0.05, 0) is 23.8 Å². The third kappa shape index (κ3) is 2.50. The summed E-state index contributed by atoms with van der Waals surface area (Å²) < 4.78 is 29.2. The molecule has 1 fully saturated rings. The molecule has 4 amide bonds. The third-order valence-electron chi connectivity index (χ3n) is 4.95. The number of imide groups is 2. The Hall–Kier alpha value is -2.94. The molecule has 1 unspecified atom stereocenters. The van der Waals surface area contributed by atoms with Crippen LogP contribution in [0.15, 0.2) is 40.9 Å². The first kappa shape index (κ1) is 18.4. The topological polar surface area (TPSA) is 83.6 Å². The largest absolute Gasteiger partial charge is 0.295 e. The second-order valence-electron chi connectivity index (χ2n) is 6.55. The molecule has 1 atom stereocenters. The zero-order valence-corrected chi connectivity index (χ0v) is 15.7. The van der Waals surface area contributed by atoms with Crippen LogP contribution in [0.2, 0.25) is 0 Å². The number of benzene rings is 2. The molecule has 0 saturated carbocycles. The Kier molecular flexibility index (Phi) is 4.15. The van der Waals surface area contributed by atoms with Crippen LogP contribution >= 0.6 is 15.9 Å². The molecule has 1 saturated heterocycles. The summed E-state index contributed by atoms with van der Waals surface area (Å²) in [5.41, 5.74) is -2.67. The van der Waals surface area contributed by atoms with Crippen molar-refractivity contribution >= 4 is 39.6 Å². The lowest BCUT2D eigenvalue weighted by atomic mass is 9.72. The molecule has 0 aliphatic carbocycles. The van der Waals surface area contributed by atoms with Crippen LogP contribution in [0.1, 0.15) is 27.9 Å². The molecule has 2 aromatic carbocycles. The lowest BCUT2D eigenvalue weighted by Gasteiger charge is -2.37. The minimum atomic E-state index is -2.05. The van der Waals surface area contributed by atoms with E-state index in [0.717, 1.165) is 12.1 Å². The van der Waals surface area contributed by atoms with Gasteiger partial charge in [0.1, 0.15) is 11.6 Å². The summed E-state index contributed by atoms with van der Waals surface area (Å²) >= 11 is 3.11. The van der Waals surface area contributed by atoms with E-state index < -0.39 is 59.2 Å². The number of carbonyl (C=O) groups is 4. The van der Waals surface area contributed by atoms with Crippen molar-refractivity contribution in [3.8, 4) is 0 Å². The van der Waals surface area contributed by atoms with Gasteiger partial charge in [0.2, 0.25) is 11.8 Å². The number of nitrogens with one attached hydrogen (secondary N) is 1. The monoisotopic (exact) mass is 448 g/mol. The van der Waals surface area contributed by atoms with Crippen molar-refractivity contribution in [2.75, 3.05) is 0 Å². The van der Waals surface area contributed by atoms with Crippen molar-refractivity contribution in [1.82, 2.24) is 10.2 Å². The summed E-state index contributed by atoms with van der Waals surface area (Å²) in [7, 11) is 0. The van der Waals surface area contributed by atoms with E-state index in [1.807, 2.05) is 5.32 Å². The van der Waals surface area contributed by atoms with Crippen LogP contribution in [-0.4, -0.2) is 28.5 Å². The van der Waals surface area contributed by atoms with Gasteiger partial charge in [0, 0.05) is 10.0 Å².